The normalized spacial score (nSPS) is 16.8. The van der Waals surface area contributed by atoms with Gasteiger partial charge in [-0.2, -0.15) is 0 Å². The van der Waals surface area contributed by atoms with E-state index in [-0.39, 0.29) is 17.3 Å². The summed E-state index contributed by atoms with van der Waals surface area (Å²) < 4.78 is 5.66. The Bertz CT molecular complexity index is 1320. The fraction of sp³-hybridized carbons (Fsp3) is 0.348. The van der Waals surface area contributed by atoms with E-state index in [1.165, 1.54) is 0 Å². The van der Waals surface area contributed by atoms with E-state index in [0.717, 1.165) is 0 Å². The van der Waals surface area contributed by atoms with Gasteiger partial charge in [0.1, 0.15) is 30.7 Å². The van der Waals surface area contributed by atoms with Crippen molar-refractivity contribution in [2.24, 2.45) is 0 Å². The fourth-order valence-electron chi connectivity index (χ4n) is 4.08. The first-order chi connectivity index (χ1) is 14.9. The third-order valence-electron chi connectivity index (χ3n) is 6.38. The maximum Gasteiger partial charge on any atom is 0.256 e. The van der Waals surface area contributed by atoms with Gasteiger partial charge in [0.25, 0.3) is 16.8 Å². The van der Waals surface area contributed by atoms with Crippen molar-refractivity contribution in [2.75, 3.05) is 17.7 Å². The number of carbonyl (C=O) groups is 1. The van der Waals surface area contributed by atoms with Crippen LogP contribution in [-0.2, 0) is 11.0 Å². The molecule has 32 heavy (non-hydrogen) atoms. The highest BCUT2D eigenvalue weighted by Gasteiger charge is 2.44. The van der Waals surface area contributed by atoms with Gasteiger partial charge in [-0.3, -0.25) is 14.4 Å². The summed E-state index contributed by atoms with van der Waals surface area (Å²) in [4.78, 5) is 39.4. The SMILES string of the molecule is [B][C@](CC)(Nc1c(Nc2ccc(Cl)c3c2C(=O)N(C)C3(C)C)c(=O)c1=O)c1ccc(C)o1. The molecule has 2 heterocycles. The number of halogens is 1. The highest BCUT2D eigenvalue weighted by molar-refractivity contribution is 6.32. The molecule has 0 bridgehead atoms. The summed E-state index contributed by atoms with van der Waals surface area (Å²) in [6, 6.07) is 6.80. The highest BCUT2D eigenvalue weighted by Crippen LogP contribution is 2.45. The van der Waals surface area contributed by atoms with Gasteiger partial charge in [0, 0.05) is 17.6 Å². The summed E-state index contributed by atoms with van der Waals surface area (Å²) in [5.74, 6) is 0.897. The lowest BCUT2D eigenvalue weighted by atomic mass is 9.73. The Morgan fingerprint density at radius 3 is 2.38 bits per heavy atom. The molecule has 1 atom stereocenters. The second kappa shape index (κ2) is 7.27. The monoisotopic (exact) mass is 451 g/mol. The molecule has 9 heteroatoms. The lowest BCUT2D eigenvalue weighted by Crippen LogP contribution is -2.44. The standard InChI is InChI=1S/C23H23BClN3O4/c1-6-23(24,14-10-7-11(2)32-14)27-18-17(19(29)20(18)30)26-13-9-8-12(25)16-15(13)21(31)28(5)22(16,3)4/h7-10,26-27H,6H2,1-5H3/t23-/m1/s1. The molecule has 0 saturated carbocycles. The first-order valence-electron chi connectivity index (χ1n) is 10.3. The van der Waals surface area contributed by atoms with Crippen molar-refractivity contribution in [3.05, 3.63) is 72.4 Å². The molecule has 1 aliphatic rings. The topological polar surface area (TPSA) is 91.6 Å². The lowest BCUT2D eigenvalue weighted by Gasteiger charge is -2.31. The number of nitrogens with one attached hydrogen (secondary N) is 2. The van der Waals surface area contributed by atoms with Gasteiger partial charge in [-0.05, 0) is 51.5 Å². The molecule has 1 aromatic heterocycles. The van der Waals surface area contributed by atoms with Gasteiger partial charge in [-0.15, -0.1) is 0 Å². The Kier molecular flexibility index (Phi) is 5.04. The van der Waals surface area contributed by atoms with Gasteiger partial charge < -0.3 is 20.0 Å². The average Bonchev–Trinajstić information content (AvgIpc) is 3.28. The van der Waals surface area contributed by atoms with Crippen LogP contribution in [0, 0.1) is 6.92 Å². The van der Waals surface area contributed by atoms with E-state index >= 15 is 0 Å². The summed E-state index contributed by atoms with van der Waals surface area (Å²) >= 11 is 6.42. The second-order valence-electron chi connectivity index (χ2n) is 8.66. The maximum atomic E-state index is 13.0. The number of furan rings is 1. The van der Waals surface area contributed by atoms with E-state index in [0.29, 0.717) is 39.8 Å². The molecule has 7 nitrogen and oxygen atoms in total. The molecule has 4 rings (SSSR count). The summed E-state index contributed by atoms with van der Waals surface area (Å²) in [6.07, 6.45) is 0.395. The third-order valence-corrected chi connectivity index (χ3v) is 6.69. The average molecular weight is 452 g/mol. The van der Waals surface area contributed by atoms with E-state index in [2.05, 4.69) is 10.6 Å². The summed E-state index contributed by atoms with van der Waals surface area (Å²) in [5, 5.41) is 6.42. The minimum Gasteiger partial charge on any atom is -0.465 e. The number of hydrogen-bond acceptors (Lipinski definition) is 6. The van der Waals surface area contributed by atoms with E-state index in [9.17, 15) is 14.4 Å². The van der Waals surface area contributed by atoms with Gasteiger partial charge in [-0.1, -0.05) is 18.5 Å². The van der Waals surface area contributed by atoms with Crippen LogP contribution < -0.4 is 21.5 Å². The maximum absolute atomic E-state index is 13.0. The van der Waals surface area contributed by atoms with Crippen molar-refractivity contribution in [3.8, 4) is 0 Å². The number of benzene rings is 1. The second-order valence-corrected chi connectivity index (χ2v) is 9.07. The molecule has 1 amide bonds. The highest BCUT2D eigenvalue weighted by atomic mass is 35.5. The molecule has 0 fully saturated rings. The summed E-state index contributed by atoms with van der Waals surface area (Å²) in [6.45, 7) is 7.42. The number of anilines is 3. The molecule has 0 spiro atoms. The van der Waals surface area contributed by atoms with Crippen molar-refractivity contribution < 1.29 is 9.21 Å². The van der Waals surface area contributed by atoms with Crippen LogP contribution in [0.2, 0.25) is 5.02 Å². The number of nitrogens with zero attached hydrogens (tertiary/aromatic N) is 1. The third kappa shape index (κ3) is 3.08. The summed E-state index contributed by atoms with van der Waals surface area (Å²) in [7, 11) is 8.18. The Hall–Kier alpha value is -3.00. The van der Waals surface area contributed by atoms with Crippen molar-refractivity contribution in [1.29, 1.82) is 0 Å². The Labute approximate surface area is 191 Å². The quantitative estimate of drug-likeness (QED) is 0.438. The molecule has 0 saturated heterocycles. The predicted octanol–water partition coefficient (Wildman–Crippen LogP) is 3.75. The molecular weight excluding hydrogens is 429 g/mol. The van der Waals surface area contributed by atoms with Crippen LogP contribution >= 0.6 is 11.6 Å². The van der Waals surface area contributed by atoms with Crippen molar-refractivity contribution in [3.63, 3.8) is 0 Å². The first-order valence-corrected chi connectivity index (χ1v) is 10.7. The Balaban J connectivity index is 1.75. The van der Waals surface area contributed by atoms with E-state index in [1.807, 2.05) is 20.8 Å². The minimum atomic E-state index is -1.19. The molecule has 164 valence electrons. The largest absolute Gasteiger partial charge is 0.465 e. The Morgan fingerprint density at radius 1 is 1.12 bits per heavy atom. The number of fused-ring (bicyclic) bond motifs is 1. The number of rotatable bonds is 6. The van der Waals surface area contributed by atoms with Crippen LogP contribution in [0.1, 0.15) is 54.6 Å². The van der Waals surface area contributed by atoms with Gasteiger partial charge in [0.2, 0.25) is 0 Å². The molecule has 1 aliphatic heterocycles. The van der Waals surface area contributed by atoms with Crippen molar-refractivity contribution in [2.45, 2.75) is 45.1 Å². The molecular formula is C23H23BClN3O4. The van der Waals surface area contributed by atoms with Crippen LogP contribution in [0.5, 0.6) is 0 Å². The van der Waals surface area contributed by atoms with Crippen LogP contribution in [0.3, 0.4) is 0 Å². The molecule has 3 aromatic rings. The number of carbonyl (C=O) groups excluding carboxylic acids is 1. The minimum absolute atomic E-state index is 0.0474. The number of hydrogen-bond donors (Lipinski definition) is 2. The molecule has 2 N–H and O–H groups in total. The van der Waals surface area contributed by atoms with Gasteiger partial charge in [0.15, 0.2) is 0 Å². The lowest BCUT2D eigenvalue weighted by molar-refractivity contribution is 0.0692. The molecule has 0 unspecified atom stereocenters. The summed E-state index contributed by atoms with van der Waals surface area (Å²) in [5.41, 5.74) is -1.65. The van der Waals surface area contributed by atoms with Gasteiger partial charge >= 0.3 is 0 Å². The van der Waals surface area contributed by atoms with Crippen LogP contribution in [0.15, 0.2) is 38.3 Å². The van der Waals surface area contributed by atoms with E-state index in [4.69, 9.17) is 23.9 Å². The fourth-order valence-corrected chi connectivity index (χ4v) is 4.47. The molecule has 2 aromatic carbocycles. The van der Waals surface area contributed by atoms with Crippen molar-refractivity contribution >= 4 is 42.4 Å². The zero-order chi connectivity index (χ0) is 23.6. The zero-order valence-electron chi connectivity index (χ0n) is 18.6. The predicted molar refractivity (Wildman–Crippen MR) is 126 cm³/mol. The first kappa shape index (κ1) is 22.2. The van der Waals surface area contributed by atoms with Gasteiger partial charge in [-0.25, -0.2) is 0 Å². The van der Waals surface area contributed by atoms with Crippen LogP contribution in [-0.4, -0.2) is 25.7 Å². The van der Waals surface area contributed by atoms with Crippen LogP contribution in [0.4, 0.5) is 17.1 Å². The van der Waals surface area contributed by atoms with Gasteiger partial charge in [0.05, 0.1) is 22.2 Å². The molecule has 2 radical (unpaired) electrons. The van der Waals surface area contributed by atoms with Crippen LogP contribution in [0.25, 0.3) is 0 Å². The number of amides is 1. The van der Waals surface area contributed by atoms with E-state index < -0.39 is 21.8 Å². The Morgan fingerprint density at radius 2 is 1.78 bits per heavy atom. The van der Waals surface area contributed by atoms with E-state index in [1.54, 1.807) is 43.1 Å². The smallest absolute Gasteiger partial charge is 0.256 e. The van der Waals surface area contributed by atoms with Crippen molar-refractivity contribution in [1.82, 2.24) is 4.90 Å². The molecule has 0 aliphatic carbocycles. The number of aryl methyl sites for hydroxylation is 1. The zero-order valence-corrected chi connectivity index (χ0v) is 19.3.